The number of nitrogens with one attached hydrogen (secondary N) is 1. The highest BCUT2D eigenvalue weighted by atomic mass is 16.3. The number of carbonyl (C=O) groups excluding carboxylic acids is 2. The van der Waals surface area contributed by atoms with Crippen molar-refractivity contribution >= 4 is 17.6 Å². The van der Waals surface area contributed by atoms with Crippen LogP contribution in [0.2, 0.25) is 0 Å². The molecule has 136 valence electrons. The third-order valence-corrected chi connectivity index (χ3v) is 4.77. The van der Waals surface area contributed by atoms with Gasteiger partial charge in [0.2, 0.25) is 0 Å². The van der Waals surface area contributed by atoms with E-state index in [0.717, 1.165) is 24.3 Å². The normalized spacial score (nSPS) is 19.9. The Labute approximate surface area is 148 Å². The average Bonchev–Trinajstić information content (AvgIpc) is 3.00. The van der Waals surface area contributed by atoms with Gasteiger partial charge in [0.05, 0.1) is 6.10 Å². The van der Waals surface area contributed by atoms with Gasteiger partial charge in [-0.25, -0.2) is 4.79 Å². The van der Waals surface area contributed by atoms with Gasteiger partial charge < -0.3 is 15.3 Å². The highest BCUT2D eigenvalue weighted by Crippen LogP contribution is 2.23. The van der Waals surface area contributed by atoms with Crippen molar-refractivity contribution in [2.75, 3.05) is 50.7 Å². The molecular weight excluding hydrogens is 320 g/mol. The third kappa shape index (κ3) is 3.93. The van der Waals surface area contributed by atoms with E-state index in [1.54, 1.807) is 17.9 Å². The zero-order valence-corrected chi connectivity index (χ0v) is 14.9. The number of rotatable bonds is 4. The Hall–Kier alpha value is -2.12. The number of aliphatic hydroxyl groups is 1. The van der Waals surface area contributed by atoms with E-state index in [4.69, 9.17) is 0 Å². The second-order valence-electron chi connectivity index (χ2n) is 6.83. The summed E-state index contributed by atoms with van der Waals surface area (Å²) in [4.78, 5) is 30.3. The van der Waals surface area contributed by atoms with Crippen LogP contribution >= 0.6 is 0 Å². The lowest BCUT2D eigenvalue weighted by Gasteiger charge is -2.35. The van der Waals surface area contributed by atoms with Gasteiger partial charge in [0, 0.05) is 57.1 Å². The van der Waals surface area contributed by atoms with Crippen LogP contribution in [0.3, 0.4) is 0 Å². The number of hydrogen-bond donors (Lipinski definition) is 2. The van der Waals surface area contributed by atoms with Gasteiger partial charge >= 0.3 is 6.03 Å². The topological polar surface area (TPSA) is 76.1 Å². The first-order chi connectivity index (χ1) is 12.0. The molecule has 0 saturated carbocycles. The first-order valence-corrected chi connectivity index (χ1v) is 8.81. The van der Waals surface area contributed by atoms with E-state index < -0.39 is 0 Å². The minimum Gasteiger partial charge on any atom is -0.392 e. The van der Waals surface area contributed by atoms with Crippen LogP contribution in [-0.2, 0) is 0 Å². The fraction of sp³-hybridized carbons (Fsp3) is 0.556. The molecule has 0 spiro atoms. The first kappa shape index (κ1) is 17.7. The van der Waals surface area contributed by atoms with Gasteiger partial charge in [-0.05, 0) is 37.6 Å². The van der Waals surface area contributed by atoms with E-state index in [-0.39, 0.29) is 18.0 Å². The predicted octanol–water partition coefficient (Wildman–Crippen LogP) is 0.663. The monoisotopic (exact) mass is 346 g/mol. The molecule has 1 aromatic rings. The molecule has 1 atom stereocenters. The molecule has 3 rings (SSSR count). The zero-order valence-electron chi connectivity index (χ0n) is 14.9. The summed E-state index contributed by atoms with van der Waals surface area (Å²) < 4.78 is 0. The van der Waals surface area contributed by atoms with Gasteiger partial charge in [0.15, 0.2) is 0 Å². The summed E-state index contributed by atoms with van der Waals surface area (Å²) in [6.45, 7) is 8.55. The Bertz CT molecular complexity index is 654. The van der Waals surface area contributed by atoms with Crippen molar-refractivity contribution in [1.82, 2.24) is 15.1 Å². The molecule has 2 aliphatic rings. The molecule has 0 bridgehead atoms. The third-order valence-electron chi connectivity index (χ3n) is 4.77. The Morgan fingerprint density at radius 1 is 1.24 bits per heavy atom. The number of nitrogens with zero attached hydrogens (tertiary/aromatic N) is 3. The smallest absolute Gasteiger partial charge is 0.322 e. The number of urea groups is 1. The van der Waals surface area contributed by atoms with Crippen molar-refractivity contribution < 1.29 is 14.7 Å². The number of anilines is 1. The second kappa shape index (κ2) is 7.41. The highest BCUT2D eigenvalue weighted by Gasteiger charge is 2.25. The minimum atomic E-state index is -0.347. The van der Waals surface area contributed by atoms with Crippen LogP contribution in [-0.4, -0.2) is 78.8 Å². The van der Waals surface area contributed by atoms with Crippen LogP contribution in [0.5, 0.6) is 0 Å². The van der Waals surface area contributed by atoms with Crippen LogP contribution in [0.25, 0.3) is 0 Å². The van der Waals surface area contributed by atoms with Gasteiger partial charge in [0.25, 0.3) is 5.91 Å². The summed E-state index contributed by atoms with van der Waals surface area (Å²) in [6.07, 6.45) is -0.347. The zero-order chi connectivity index (χ0) is 18.0. The van der Waals surface area contributed by atoms with Gasteiger partial charge in [-0.3, -0.25) is 14.6 Å². The number of aryl methyl sites for hydroxylation is 1. The summed E-state index contributed by atoms with van der Waals surface area (Å²) in [5.74, 6) is 0.0252. The Morgan fingerprint density at radius 2 is 1.96 bits per heavy atom. The van der Waals surface area contributed by atoms with E-state index in [2.05, 4.69) is 10.2 Å². The molecule has 0 aliphatic carbocycles. The molecule has 2 N–H and O–H groups in total. The van der Waals surface area contributed by atoms with Gasteiger partial charge in [-0.1, -0.05) is 0 Å². The maximum Gasteiger partial charge on any atom is 0.322 e. The number of β-amino-alcohol motifs (C(OH)–C–C–N with tert-alkyl or cyclic N) is 1. The number of benzene rings is 1. The van der Waals surface area contributed by atoms with E-state index in [0.29, 0.717) is 38.3 Å². The summed E-state index contributed by atoms with van der Waals surface area (Å²) in [6, 6.07) is 5.44. The molecule has 0 aromatic heterocycles. The molecule has 2 aliphatic heterocycles. The molecule has 25 heavy (non-hydrogen) atoms. The quantitative estimate of drug-likeness (QED) is 0.840. The Balaban J connectivity index is 1.65. The fourth-order valence-electron chi connectivity index (χ4n) is 3.48. The minimum absolute atomic E-state index is 0.0252. The van der Waals surface area contributed by atoms with Crippen LogP contribution in [0.15, 0.2) is 18.2 Å². The van der Waals surface area contributed by atoms with Crippen molar-refractivity contribution in [3.63, 3.8) is 0 Å². The SMILES string of the molecule is Cc1cc(C(=O)N2CCN(CC(C)O)CC2)ccc1N1CCNC1=O. The number of carbonyl (C=O) groups is 2. The van der Waals surface area contributed by atoms with Crippen molar-refractivity contribution in [3.05, 3.63) is 29.3 Å². The molecule has 2 heterocycles. The largest absolute Gasteiger partial charge is 0.392 e. The van der Waals surface area contributed by atoms with E-state index in [1.807, 2.05) is 24.0 Å². The van der Waals surface area contributed by atoms with E-state index in [9.17, 15) is 14.7 Å². The van der Waals surface area contributed by atoms with Crippen molar-refractivity contribution in [2.45, 2.75) is 20.0 Å². The molecular formula is C18H26N4O3. The van der Waals surface area contributed by atoms with Crippen molar-refractivity contribution in [1.29, 1.82) is 0 Å². The van der Waals surface area contributed by atoms with Crippen LogP contribution < -0.4 is 10.2 Å². The van der Waals surface area contributed by atoms with Crippen LogP contribution in [0.4, 0.5) is 10.5 Å². The molecule has 0 radical (unpaired) electrons. The fourth-order valence-corrected chi connectivity index (χ4v) is 3.48. The predicted molar refractivity (Wildman–Crippen MR) is 95.9 cm³/mol. The van der Waals surface area contributed by atoms with Gasteiger partial charge in [0.1, 0.15) is 0 Å². The lowest BCUT2D eigenvalue weighted by molar-refractivity contribution is 0.0554. The Morgan fingerprint density at radius 3 is 2.52 bits per heavy atom. The molecule has 7 nitrogen and oxygen atoms in total. The first-order valence-electron chi connectivity index (χ1n) is 8.81. The molecule has 1 aromatic carbocycles. The molecule has 1 unspecified atom stereocenters. The summed E-state index contributed by atoms with van der Waals surface area (Å²) in [7, 11) is 0. The van der Waals surface area contributed by atoms with Crippen LogP contribution in [0.1, 0.15) is 22.8 Å². The highest BCUT2D eigenvalue weighted by molar-refractivity contribution is 5.98. The van der Waals surface area contributed by atoms with Gasteiger partial charge in [-0.2, -0.15) is 0 Å². The Kier molecular flexibility index (Phi) is 5.24. The summed E-state index contributed by atoms with van der Waals surface area (Å²) >= 11 is 0. The number of hydrogen-bond acceptors (Lipinski definition) is 4. The number of aliphatic hydroxyl groups excluding tert-OH is 1. The van der Waals surface area contributed by atoms with Crippen LogP contribution in [0, 0.1) is 6.92 Å². The standard InChI is InChI=1S/C18H26N4O3/c1-13-11-15(3-4-16(13)22-6-5-19-18(22)25)17(24)21-9-7-20(8-10-21)12-14(2)23/h3-4,11,14,23H,5-10,12H2,1-2H3,(H,19,25). The molecule has 2 fully saturated rings. The van der Waals surface area contributed by atoms with E-state index >= 15 is 0 Å². The number of amides is 3. The maximum atomic E-state index is 12.7. The second-order valence-corrected chi connectivity index (χ2v) is 6.83. The molecule has 7 heteroatoms. The summed E-state index contributed by atoms with van der Waals surface area (Å²) in [5, 5.41) is 12.3. The van der Waals surface area contributed by atoms with Crippen molar-refractivity contribution in [3.8, 4) is 0 Å². The van der Waals surface area contributed by atoms with Gasteiger partial charge in [-0.15, -0.1) is 0 Å². The maximum absolute atomic E-state index is 12.7. The molecule has 3 amide bonds. The van der Waals surface area contributed by atoms with Crippen molar-refractivity contribution in [2.24, 2.45) is 0 Å². The molecule has 2 saturated heterocycles. The number of piperazine rings is 1. The average molecular weight is 346 g/mol. The van der Waals surface area contributed by atoms with E-state index in [1.165, 1.54) is 0 Å². The lowest BCUT2D eigenvalue weighted by atomic mass is 10.1. The lowest BCUT2D eigenvalue weighted by Crippen LogP contribution is -2.50. The summed E-state index contributed by atoms with van der Waals surface area (Å²) in [5.41, 5.74) is 2.44.